The van der Waals surface area contributed by atoms with Crippen LogP contribution in [-0.4, -0.2) is 42.4 Å². The molecule has 1 atom stereocenters. The van der Waals surface area contributed by atoms with Gasteiger partial charge in [-0.25, -0.2) is 0 Å². The highest BCUT2D eigenvalue weighted by atomic mass is 35.5. The summed E-state index contributed by atoms with van der Waals surface area (Å²) in [7, 11) is 0. The number of benzene rings is 2. The van der Waals surface area contributed by atoms with Gasteiger partial charge >= 0.3 is 0 Å². The molecular weight excluding hydrogens is 362 g/mol. The minimum absolute atomic E-state index is 0. The normalized spacial score (nSPS) is 15.9. The van der Waals surface area contributed by atoms with Gasteiger partial charge in [-0.05, 0) is 43.0 Å². The highest BCUT2D eigenvalue weighted by molar-refractivity contribution is 6.07. The van der Waals surface area contributed by atoms with Crippen LogP contribution < -0.4 is 11.1 Å². The van der Waals surface area contributed by atoms with Crippen molar-refractivity contribution >= 4 is 35.0 Å². The van der Waals surface area contributed by atoms with Gasteiger partial charge in [-0.15, -0.1) is 12.4 Å². The first kappa shape index (κ1) is 21.2. The molecule has 2 aromatic rings. The molecule has 1 saturated heterocycles. The van der Waals surface area contributed by atoms with Gasteiger partial charge in [0.2, 0.25) is 5.91 Å². The lowest BCUT2D eigenvalue weighted by molar-refractivity contribution is -0.126. The molecular formula is C21H28ClN3O2. The van der Waals surface area contributed by atoms with Crippen molar-refractivity contribution in [1.29, 1.82) is 0 Å². The number of nitrogens with zero attached hydrogens (tertiary/aromatic N) is 1. The molecule has 1 heterocycles. The summed E-state index contributed by atoms with van der Waals surface area (Å²) in [5, 5.41) is 5.01. The number of piperidine rings is 1. The minimum atomic E-state index is -0.0142. The summed E-state index contributed by atoms with van der Waals surface area (Å²) >= 11 is 0. The number of nitrogens with two attached hydrogens (primary N) is 1. The monoisotopic (exact) mass is 389 g/mol. The number of likely N-dealkylation sites (tertiary alicyclic amines) is 1. The van der Waals surface area contributed by atoms with Crippen LogP contribution in [0.4, 0.5) is 0 Å². The van der Waals surface area contributed by atoms with Crippen molar-refractivity contribution in [3.63, 3.8) is 0 Å². The molecule has 146 valence electrons. The second-order valence-electron chi connectivity index (χ2n) is 7.15. The summed E-state index contributed by atoms with van der Waals surface area (Å²) in [6, 6.07) is 13.9. The number of halogens is 1. The fraction of sp³-hybridized carbons (Fsp3) is 0.429. The molecule has 1 aliphatic heterocycles. The summed E-state index contributed by atoms with van der Waals surface area (Å²) in [6.07, 6.45) is 2.20. The molecule has 0 aromatic heterocycles. The number of hydrogen-bond acceptors (Lipinski definition) is 3. The van der Waals surface area contributed by atoms with Crippen LogP contribution in [0.3, 0.4) is 0 Å². The van der Waals surface area contributed by atoms with Crippen molar-refractivity contribution in [2.75, 3.05) is 19.6 Å². The minimum Gasteiger partial charge on any atom is -0.356 e. The van der Waals surface area contributed by atoms with E-state index in [0.29, 0.717) is 32.5 Å². The van der Waals surface area contributed by atoms with Crippen molar-refractivity contribution in [3.8, 4) is 0 Å². The van der Waals surface area contributed by atoms with Crippen LogP contribution in [0.2, 0.25) is 0 Å². The number of amides is 2. The van der Waals surface area contributed by atoms with Crippen LogP contribution in [0.1, 0.15) is 36.5 Å². The molecule has 6 heteroatoms. The summed E-state index contributed by atoms with van der Waals surface area (Å²) in [5.41, 5.74) is 6.45. The number of rotatable bonds is 5. The van der Waals surface area contributed by atoms with Crippen molar-refractivity contribution in [2.45, 2.75) is 32.2 Å². The highest BCUT2D eigenvalue weighted by Crippen LogP contribution is 2.23. The van der Waals surface area contributed by atoms with E-state index in [-0.39, 0.29) is 36.2 Å². The van der Waals surface area contributed by atoms with Gasteiger partial charge in [0.05, 0.1) is 0 Å². The van der Waals surface area contributed by atoms with Gasteiger partial charge in [-0.1, -0.05) is 36.4 Å². The lowest BCUT2D eigenvalue weighted by Gasteiger charge is -2.31. The molecule has 0 spiro atoms. The van der Waals surface area contributed by atoms with Crippen LogP contribution in [0.15, 0.2) is 42.5 Å². The van der Waals surface area contributed by atoms with Gasteiger partial charge in [0.25, 0.3) is 5.91 Å². The van der Waals surface area contributed by atoms with Crippen LogP contribution in [0.5, 0.6) is 0 Å². The van der Waals surface area contributed by atoms with Gasteiger partial charge in [0, 0.05) is 37.2 Å². The molecule has 2 aromatic carbocycles. The topological polar surface area (TPSA) is 75.4 Å². The van der Waals surface area contributed by atoms with Crippen molar-refractivity contribution in [2.24, 2.45) is 11.7 Å². The number of fused-ring (bicyclic) bond motifs is 1. The maximum absolute atomic E-state index is 12.9. The molecule has 3 rings (SSSR count). The predicted molar refractivity (Wildman–Crippen MR) is 111 cm³/mol. The Labute approximate surface area is 166 Å². The second kappa shape index (κ2) is 9.72. The zero-order valence-corrected chi connectivity index (χ0v) is 16.5. The Balaban J connectivity index is 0.00000261. The van der Waals surface area contributed by atoms with Gasteiger partial charge in [-0.2, -0.15) is 0 Å². The molecule has 1 fully saturated rings. The molecule has 5 nitrogen and oxygen atoms in total. The Morgan fingerprint density at radius 2 is 1.81 bits per heavy atom. The first-order chi connectivity index (χ1) is 12.6. The van der Waals surface area contributed by atoms with Crippen molar-refractivity contribution in [3.05, 3.63) is 48.0 Å². The highest BCUT2D eigenvalue weighted by Gasteiger charge is 2.28. The predicted octanol–water partition coefficient (Wildman–Crippen LogP) is 2.97. The molecule has 2 amide bonds. The average Bonchev–Trinajstić information content (AvgIpc) is 2.66. The van der Waals surface area contributed by atoms with Crippen molar-refractivity contribution in [1.82, 2.24) is 10.2 Å². The van der Waals surface area contributed by atoms with Gasteiger partial charge in [0.15, 0.2) is 0 Å². The third-order valence-corrected chi connectivity index (χ3v) is 5.07. The van der Waals surface area contributed by atoms with E-state index in [2.05, 4.69) is 5.32 Å². The standard InChI is InChI=1S/C21H27N3O2.ClH/c1-15(22)9-12-23-20(25)17-10-13-24(14-11-17)21(26)19-8-4-6-16-5-2-3-7-18(16)19;/h2-8,15,17H,9-14,22H2,1H3,(H,23,25);1H. The van der Waals surface area contributed by atoms with Crippen LogP contribution >= 0.6 is 12.4 Å². The summed E-state index contributed by atoms with van der Waals surface area (Å²) in [4.78, 5) is 27.1. The zero-order chi connectivity index (χ0) is 18.5. The molecule has 3 N–H and O–H groups in total. The average molecular weight is 390 g/mol. The van der Waals surface area contributed by atoms with E-state index in [1.165, 1.54) is 0 Å². The van der Waals surface area contributed by atoms with E-state index in [0.717, 1.165) is 22.8 Å². The molecule has 0 saturated carbocycles. The van der Waals surface area contributed by atoms with Crippen LogP contribution in [-0.2, 0) is 4.79 Å². The quantitative estimate of drug-likeness (QED) is 0.825. The SMILES string of the molecule is CC(N)CCNC(=O)C1CCN(C(=O)c2cccc3ccccc23)CC1.Cl. The van der Waals surface area contributed by atoms with E-state index in [1.807, 2.05) is 54.3 Å². The Kier molecular flexibility index (Phi) is 7.63. The lowest BCUT2D eigenvalue weighted by Crippen LogP contribution is -2.43. The van der Waals surface area contributed by atoms with Gasteiger partial charge in [-0.3, -0.25) is 9.59 Å². The second-order valence-corrected chi connectivity index (χ2v) is 7.15. The Bertz CT molecular complexity index is 781. The zero-order valence-electron chi connectivity index (χ0n) is 15.7. The molecule has 0 aliphatic carbocycles. The number of nitrogens with one attached hydrogen (secondary N) is 1. The number of carbonyl (C=O) groups excluding carboxylic acids is 2. The first-order valence-electron chi connectivity index (χ1n) is 9.36. The van der Waals surface area contributed by atoms with E-state index in [4.69, 9.17) is 5.73 Å². The van der Waals surface area contributed by atoms with Gasteiger partial charge in [0.1, 0.15) is 0 Å². The largest absolute Gasteiger partial charge is 0.356 e. The Morgan fingerprint density at radius 1 is 1.15 bits per heavy atom. The molecule has 1 unspecified atom stereocenters. The van der Waals surface area contributed by atoms with Crippen LogP contribution in [0.25, 0.3) is 10.8 Å². The molecule has 1 aliphatic rings. The molecule has 0 bridgehead atoms. The van der Waals surface area contributed by atoms with E-state index >= 15 is 0 Å². The maximum Gasteiger partial charge on any atom is 0.254 e. The molecule has 0 radical (unpaired) electrons. The fourth-order valence-electron chi connectivity index (χ4n) is 3.49. The maximum atomic E-state index is 12.9. The van der Waals surface area contributed by atoms with Gasteiger partial charge < -0.3 is 16.0 Å². The number of carbonyl (C=O) groups is 2. The van der Waals surface area contributed by atoms with Crippen LogP contribution in [0, 0.1) is 5.92 Å². The fourth-order valence-corrected chi connectivity index (χ4v) is 3.49. The Morgan fingerprint density at radius 3 is 2.52 bits per heavy atom. The summed E-state index contributed by atoms with van der Waals surface area (Å²) in [6.45, 7) is 3.79. The smallest absolute Gasteiger partial charge is 0.254 e. The third kappa shape index (κ3) is 5.21. The van der Waals surface area contributed by atoms with E-state index in [9.17, 15) is 9.59 Å². The lowest BCUT2D eigenvalue weighted by atomic mass is 9.94. The summed E-state index contributed by atoms with van der Waals surface area (Å²) in [5.74, 6) is 0.125. The summed E-state index contributed by atoms with van der Waals surface area (Å²) < 4.78 is 0. The first-order valence-corrected chi connectivity index (χ1v) is 9.36. The molecule has 27 heavy (non-hydrogen) atoms. The van der Waals surface area contributed by atoms with E-state index in [1.54, 1.807) is 0 Å². The van der Waals surface area contributed by atoms with Crippen molar-refractivity contribution < 1.29 is 9.59 Å². The third-order valence-electron chi connectivity index (χ3n) is 5.07. The van der Waals surface area contributed by atoms with E-state index < -0.39 is 0 Å². The number of hydrogen-bond donors (Lipinski definition) is 2. The Hall–Kier alpha value is -2.11.